The van der Waals surface area contributed by atoms with Crippen molar-refractivity contribution in [1.82, 2.24) is 5.32 Å². The lowest BCUT2D eigenvalue weighted by molar-refractivity contribution is -0.109. The van der Waals surface area contributed by atoms with Gasteiger partial charge in [0.2, 0.25) is 6.41 Å². The molecule has 0 aliphatic heterocycles. The molecule has 0 saturated heterocycles. The van der Waals surface area contributed by atoms with Crippen LogP contribution in [0.3, 0.4) is 0 Å². The average molecular weight is 239 g/mol. The van der Waals surface area contributed by atoms with Crippen LogP contribution >= 0.6 is 0 Å². The molecular formula is C16H17NO. The van der Waals surface area contributed by atoms with Gasteiger partial charge in [-0.1, -0.05) is 54.6 Å². The minimum Gasteiger partial charge on any atom is -0.358 e. The maximum absolute atomic E-state index is 10.3. The molecule has 2 aromatic carbocycles. The maximum atomic E-state index is 10.3. The van der Waals surface area contributed by atoms with Gasteiger partial charge in [-0.05, 0) is 29.5 Å². The SMILES string of the molecule is O=CNCCc1ccccc1Cc1ccccc1. The highest BCUT2D eigenvalue weighted by atomic mass is 16.1. The molecule has 0 fully saturated rings. The van der Waals surface area contributed by atoms with Crippen LogP contribution in [0.2, 0.25) is 0 Å². The van der Waals surface area contributed by atoms with E-state index in [2.05, 4.69) is 47.8 Å². The van der Waals surface area contributed by atoms with E-state index in [1.807, 2.05) is 12.1 Å². The third kappa shape index (κ3) is 3.45. The monoisotopic (exact) mass is 239 g/mol. The zero-order valence-corrected chi connectivity index (χ0v) is 10.3. The first kappa shape index (κ1) is 12.4. The van der Waals surface area contributed by atoms with Crippen LogP contribution in [-0.4, -0.2) is 13.0 Å². The molecule has 0 spiro atoms. The number of hydrogen-bond acceptors (Lipinski definition) is 1. The van der Waals surface area contributed by atoms with Crippen molar-refractivity contribution in [2.75, 3.05) is 6.54 Å². The number of benzene rings is 2. The van der Waals surface area contributed by atoms with E-state index in [4.69, 9.17) is 0 Å². The third-order valence-electron chi connectivity index (χ3n) is 2.98. The number of carbonyl (C=O) groups is 1. The van der Waals surface area contributed by atoms with Gasteiger partial charge in [0, 0.05) is 6.54 Å². The van der Waals surface area contributed by atoms with Gasteiger partial charge in [-0.2, -0.15) is 0 Å². The van der Waals surface area contributed by atoms with Gasteiger partial charge in [0.1, 0.15) is 0 Å². The molecule has 2 nitrogen and oxygen atoms in total. The Morgan fingerprint density at radius 1 is 0.889 bits per heavy atom. The first-order chi connectivity index (χ1) is 8.90. The normalized spacial score (nSPS) is 10.0. The van der Waals surface area contributed by atoms with E-state index < -0.39 is 0 Å². The molecule has 92 valence electrons. The van der Waals surface area contributed by atoms with Crippen molar-refractivity contribution in [1.29, 1.82) is 0 Å². The van der Waals surface area contributed by atoms with Gasteiger partial charge < -0.3 is 5.32 Å². The number of hydrogen-bond donors (Lipinski definition) is 1. The van der Waals surface area contributed by atoms with Crippen LogP contribution in [0.15, 0.2) is 54.6 Å². The standard InChI is InChI=1S/C16H17NO/c18-13-17-11-10-15-8-4-5-9-16(15)12-14-6-2-1-3-7-14/h1-9,13H,10-12H2,(H,17,18). The van der Waals surface area contributed by atoms with Gasteiger partial charge in [-0.3, -0.25) is 4.79 Å². The summed E-state index contributed by atoms with van der Waals surface area (Å²) < 4.78 is 0. The fraction of sp³-hybridized carbons (Fsp3) is 0.188. The quantitative estimate of drug-likeness (QED) is 0.609. The van der Waals surface area contributed by atoms with Crippen molar-refractivity contribution in [3.63, 3.8) is 0 Å². The molecule has 0 heterocycles. The highest BCUT2D eigenvalue weighted by molar-refractivity contribution is 5.46. The lowest BCUT2D eigenvalue weighted by Gasteiger charge is -2.09. The summed E-state index contributed by atoms with van der Waals surface area (Å²) in [5, 5.41) is 2.71. The molecule has 2 rings (SSSR count). The van der Waals surface area contributed by atoms with Crippen LogP contribution in [0.25, 0.3) is 0 Å². The van der Waals surface area contributed by atoms with E-state index in [0.29, 0.717) is 6.54 Å². The molecule has 2 heteroatoms. The second-order valence-corrected chi connectivity index (χ2v) is 4.25. The Bertz CT molecular complexity index is 493. The zero-order chi connectivity index (χ0) is 12.6. The summed E-state index contributed by atoms with van der Waals surface area (Å²) in [6, 6.07) is 18.8. The molecule has 18 heavy (non-hydrogen) atoms. The van der Waals surface area contributed by atoms with E-state index in [1.165, 1.54) is 16.7 Å². The Kier molecular flexibility index (Phi) is 4.53. The van der Waals surface area contributed by atoms with E-state index in [9.17, 15) is 4.79 Å². The van der Waals surface area contributed by atoms with Gasteiger partial charge in [-0.15, -0.1) is 0 Å². The summed E-state index contributed by atoms with van der Waals surface area (Å²) in [6.45, 7) is 0.690. The molecule has 0 radical (unpaired) electrons. The molecule has 2 aromatic rings. The highest BCUT2D eigenvalue weighted by Gasteiger charge is 2.02. The molecule has 0 aliphatic rings. The van der Waals surface area contributed by atoms with E-state index in [-0.39, 0.29) is 0 Å². The molecule has 0 saturated carbocycles. The van der Waals surface area contributed by atoms with Crippen molar-refractivity contribution in [2.24, 2.45) is 0 Å². The number of rotatable bonds is 6. The molecule has 1 N–H and O–H groups in total. The van der Waals surface area contributed by atoms with Crippen LogP contribution in [0.1, 0.15) is 16.7 Å². The van der Waals surface area contributed by atoms with Crippen LogP contribution < -0.4 is 5.32 Å². The largest absolute Gasteiger partial charge is 0.358 e. The van der Waals surface area contributed by atoms with Gasteiger partial charge in [0.05, 0.1) is 0 Å². The van der Waals surface area contributed by atoms with Gasteiger partial charge >= 0.3 is 0 Å². The summed E-state index contributed by atoms with van der Waals surface area (Å²) >= 11 is 0. The highest BCUT2D eigenvalue weighted by Crippen LogP contribution is 2.14. The fourth-order valence-corrected chi connectivity index (χ4v) is 2.06. The minimum atomic E-state index is 0.690. The van der Waals surface area contributed by atoms with Crippen molar-refractivity contribution >= 4 is 6.41 Å². The zero-order valence-electron chi connectivity index (χ0n) is 10.3. The molecule has 0 aliphatic carbocycles. The van der Waals surface area contributed by atoms with Crippen LogP contribution in [0.4, 0.5) is 0 Å². The second kappa shape index (κ2) is 6.60. The molecule has 0 aromatic heterocycles. The summed E-state index contributed by atoms with van der Waals surface area (Å²) in [5.41, 5.74) is 3.94. The van der Waals surface area contributed by atoms with Crippen molar-refractivity contribution < 1.29 is 4.79 Å². The Morgan fingerprint density at radius 3 is 2.28 bits per heavy atom. The molecule has 0 bridgehead atoms. The fourth-order valence-electron chi connectivity index (χ4n) is 2.06. The predicted octanol–water partition coefficient (Wildman–Crippen LogP) is 2.57. The first-order valence-corrected chi connectivity index (χ1v) is 6.18. The molecular weight excluding hydrogens is 222 g/mol. The van der Waals surface area contributed by atoms with Crippen LogP contribution in [-0.2, 0) is 17.6 Å². The average Bonchev–Trinajstić information content (AvgIpc) is 2.42. The van der Waals surface area contributed by atoms with Gasteiger partial charge in [0.15, 0.2) is 0 Å². The van der Waals surface area contributed by atoms with Crippen molar-refractivity contribution in [3.05, 3.63) is 71.3 Å². The summed E-state index contributed by atoms with van der Waals surface area (Å²) in [7, 11) is 0. The molecule has 0 atom stereocenters. The number of amides is 1. The summed E-state index contributed by atoms with van der Waals surface area (Å²) in [6.07, 6.45) is 2.57. The Hall–Kier alpha value is -2.09. The predicted molar refractivity (Wildman–Crippen MR) is 73.5 cm³/mol. The lowest BCUT2D eigenvalue weighted by atomic mass is 9.98. The van der Waals surface area contributed by atoms with Crippen LogP contribution in [0.5, 0.6) is 0 Å². The smallest absolute Gasteiger partial charge is 0.207 e. The third-order valence-corrected chi connectivity index (χ3v) is 2.98. The maximum Gasteiger partial charge on any atom is 0.207 e. The van der Waals surface area contributed by atoms with Crippen molar-refractivity contribution in [3.8, 4) is 0 Å². The van der Waals surface area contributed by atoms with Gasteiger partial charge in [-0.25, -0.2) is 0 Å². The Labute approximate surface area is 108 Å². The second-order valence-electron chi connectivity index (χ2n) is 4.25. The Morgan fingerprint density at radius 2 is 1.56 bits per heavy atom. The van der Waals surface area contributed by atoms with Gasteiger partial charge in [0.25, 0.3) is 0 Å². The van der Waals surface area contributed by atoms with E-state index in [0.717, 1.165) is 19.3 Å². The molecule has 1 amide bonds. The minimum absolute atomic E-state index is 0.690. The number of nitrogens with one attached hydrogen (secondary N) is 1. The lowest BCUT2D eigenvalue weighted by Crippen LogP contribution is -2.15. The van der Waals surface area contributed by atoms with Crippen LogP contribution in [0, 0.1) is 0 Å². The van der Waals surface area contributed by atoms with E-state index >= 15 is 0 Å². The topological polar surface area (TPSA) is 29.1 Å². The number of carbonyl (C=O) groups excluding carboxylic acids is 1. The summed E-state index contributed by atoms with van der Waals surface area (Å²) in [4.78, 5) is 10.3. The Balaban J connectivity index is 2.09. The molecule has 0 unspecified atom stereocenters. The van der Waals surface area contributed by atoms with Crippen molar-refractivity contribution in [2.45, 2.75) is 12.8 Å². The summed E-state index contributed by atoms with van der Waals surface area (Å²) in [5.74, 6) is 0. The van der Waals surface area contributed by atoms with E-state index in [1.54, 1.807) is 0 Å². The first-order valence-electron chi connectivity index (χ1n) is 6.18.